The van der Waals surface area contributed by atoms with Crippen molar-refractivity contribution in [2.24, 2.45) is 5.41 Å². The number of carbonyl (C=O) groups excluding carboxylic acids is 1. The number of nitrogens with zero attached hydrogens (tertiary/aromatic N) is 1. The summed E-state index contributed by atoms with van der Waals surface area (Å²) in [5.41, 5.74) is 6.78. The van der Waals surface area contributed by atoms with Crippen molar-refractivity contribution in [1.29, 1.82) is 0 Å². The van der Waals surface area contributed by atoms with Crippen molar-refractivity contribution in [3.8, 4) is 0 Å². The number of benzene rings is 1. The predicted molar refractivity (Wildman–Crippen MR) is 108 cm³/mol. The number of thiazole rings is 1. The molecule has 0 spiro atoms. The van der Waals surface area contributed by atoms with Crippen molar-refractivity contribution in [2.75, 3.05) is 0 Å². The highest BCUT2D eigenvalue weighted by Gasteiger charge is 2.55. The van der Waals surface area contributed by atoms with Gasteiger partial charge in [-0.05, 0) is 61.6 Å². The zero-order valence-electron chi connectivity index (χ0n) is 15.7. The fraction of sp³-hybridized carbons (Fsp3) is 0.545. The highest BCUT2D eigenvalue weighted by Crippen LogP contribution is 2.46. The number of rotatable bonds is 5. The van der Waals surface area contributed by atoms with Gasteiger partial charge in [0.25, 0.3) is 0 Å². The highest BCUT2D eigenvalue weighted by atomic mass is 32.1. The molecule has 1 aliphatic carbocycles. The van der Waals surface area contributed by atoms with Gasteiger partial charge in [0.1, 0.15) is 0 Å². The van der Waals surface area contributed by atoms with Crippen LogP contribution >= 0.6 is 11.3 Å². The molecule has 0 radical (unpaired) electrons. The lowest BCUT2D eigenvalue weighted by atomic mass is 9.70. The maximum absolute atomic E-state index is 13.4. The number of hydrogen-bond donors (Lipinski definition) is 2. The van der Waals surface area contributed by atoms with Crippen LogP contribution in [-0.2, 0) is 30.6 Å². The molecule has 3 heterocycles. The van der Waals surface area contributed by atoms with Crippen LogP contribution in [-0.4, -0.2) is 23.0 Å². The fourth-order valence-electron chi connectivity index (χ4n) is 5.43. The number of aryl methyl sites for hydroxylation is 2. The highest BCUT2D eigenvalue weighted by molar-refractivity contribution is 7.07. The number of aromatic nitrogens is 1. The Kier molecular flexibility index (Phi) is 4.52. The number of amides is 1. The lowest BCUT2D eigenvalue weighted by Crippen LogP contribution is -2.49. The zero-order chi connectivity index (χ0) is 18.3. The lowest BCUT2D eigenvalue weighted by molar-refractivity contribution is -0.132. The van der Waals surface area contributed by atoms with Crippen molar-refractivity contribution in [2.45, 2.75) is 70.0 Å². The molecule has 3 atom stereocenters. The fourth-order valence-corrected chi connectivity index (χ4v) is 5.99. The second kappa shape index (κ2) is 7.02. The molecule has 1 aromatic heterocycles. The summed E-state index contributed by atoms with van der Waals surface area (Å²) in [7, 11) is 0. The van der Waals surface area contributed by atoms with Gasteiger partial charge in [0.15, 0.2) is 0 Å². The topological polar surface area (TPSA) is 54.0 Å². The Bertz CT molecular complexity index is 834. The molecule has 2 fully saturated rings. The van der Waals surface area contributed by atoms with E-state index in [1.807, 2.05) is 5.51 Å². The summed E-state index contributed by atoms with van der Waals surface area (Å²) in [6.45, 7) is 0.627. The first-order chi connectivity index (χ1) is 13.2. The monoisotopic (exact) mass is 381 g/mol. The average Bonchev–Trinajstić information content (AvgIpc) is 3.44. The SMILES string of the molecule is O=C(NCc1ccc2c(c1)CCCC2)[C@@]1(Cc2cscn2)C[C@H]2CC[C@@H]1N2. The third kappa shape index (κ3) is 3.21. The van der Waals surface area contributed by atoms with E-state index >= 15 is 0 Å². The molecule has 27 heavy (non-hydrogen) atoms. The first kappa shape index (κ1) is 17.4. The van der Waals surface area contributed by atoms with Crippen molar-refractivity contribution in [3.63, 3.8) is 0 Å². The number of fused-ring (bicyclic) bond motifs is 3. The molecule has 2 saturated heterocycles. The van der Waals surface area contributed by atoms with Gasteiger partial charge in [-0.3, -0.25) is 4.79 Å². The van der Waals surface area contributed by atoms with E-state index in [1.165, 1.54) is 48.8 Å². The summed E-state index contributed by atoms with van der Waals surface area (Å²) in [4.78, 5) is 17.8. The Hall–Kier alpha value is -1.72. The molecule has 142 valence electrons. The minimum Gasteiger partial charge on any atom is -0.351 e. The van der Waals surface area contributed by atoms with Crippen molar-refractivity contribution in [1.82, 2.24) is 15.6 Å². The molecule has 3 aliphatic rings. The summed E-state index contributed by atoms with van der Waals surface area (Å²) in [6.07, 6.45) is 8.95. The van der Waals surface area contributed by atoms with Gasteiger partial charge in [-0.1, -0.05) is 18.2 Å². The van der Waals surface area contributed by atoms with Gasteiger partial charge in [-0.25, -0.2) is 4.98 Å². The first-order valence-electron chi connectivity index (χ1n) is 10.2. The molecule has 5 rings (SSSR count). The van der Waals surface area contributed by atoms with E-state index in [1.54, 1.807) is 11.3 Å². The molecule has 1 amide bonds. The second-order valence-corrected chi connectivity index (χ2v) is 9.22. The number of hydrogen-bond acceptors (Lipinski definition) is 4. The molecular formula is C22H27N3OS. The van der Waals surface area contributed by atoms with Crippen molar-refractivity contribution < 1.29 is 4.79 Å². The molecule has 2 bridgehead atoms. The van der Waals surface area contributed by atoms with Crippen molar-refractivity contribution >= 4 is 17.2 Å². The van der Waals surface area contributed by atoms with E-state index < -0.39 is 0 Å². The molecule has 2 N–H and O–H groups in total. The minimum absolute atomic E-state index is 0.202. The Morgan fingerprint density at radius 3 is 2.89 bits per heavy atom. The van der Waals surface area contributed by atoms with E-state index in [4.69, 9.17) is 0 Å². The Balaban J connectivity index is 1.32. The van der Waals surface area contributed by atoms with Crippen LogP contribution < -0.4 is 10.6 Å². The van der Waals surface area contributed by atoms with Crippen LogP contribution in [0.1, 0.15) is 54.5 Å². The van der Waals surface area contributed by atoms with Gasteiger partial charge in [0, 0.05) is 30.4 Å². The molecule has 4 nitrogen and oxygen atoms in total. The average molecular weight is 382 g/mol. The van der Waals surface area contributed by atoms with E-state index in [2.05, 4.69) is 39.2 Å². The second-order valence-electron chi connectivity index (χ2n) is 8.50. The van der Waals surface area contributed by atoms with Gasteiger partial charge in [-0.2, -0.15) is 0 Å². The van der Waals surface area contributed by atoms with Crippen LogP contribution in [0.5, 0.6) is 0 Å². The predicted octanol–water partition coefficient (Wildman–Crippen LogP) is 3.39. The smallest absolute Gasteiger partial charge is 0.228 e. The molecule has 2 aliphatic heterocycles. The third-order valence-electron chi connectivity index (χ3n) is 6.82. The summed E-state index contributed by atoms with van der Waals surface area (Å²) in [6, 6.07) is 7.54. The maximum atomic E-state index is 13.4. The van der Waals surface area contributed by atoms with Crippen LogP contribution in [0, 0.1) is 5.41 Å². The van der Waals surface area contributed by atoms with E-state index in [9.17, 15) is 4.79 Å². The van der Waals surface area contributed by atoms with Gasteiger partial charge >= 0.3 is 0 Å². The first-order valence-corrected chi connectivity index (χ1v) is 11.2. The van der Waals surface area contributed by atoms with Crippen LogP contribution in [0.25, 0.3) is 0 Å². The normalized spacial score (nSPS) is 28.9. The Morgan fingerprint density at radius 2 is 2.15 bits per heavy atom. The summed E-state index contributed by atoms with van der Waals surface area (Å²) >= 11 is 1.61. The Labute approximate surface area is 164 Å². The van der Waals surface area contributed by atoms with Crippen LogP contribution in [0.4, 0.5) is 0 Å². The molecular weight excluding hydrogens is 354 g/mol. The largest absolute Gasteiger partial charge is 0.351 e. The lowest BCUT2D eigenvalue weighted by Gasteiger charge is -2.34. The van der Waals surface area contributed by atoms with E-state index in [-0.39, 0.29) is 17.4 Å². The Morgan fingerprint density at radius 1 is 1.26 bits per heavy atom. The van der Waals surface area contributed by atoms with Crippen molar-refractivity contribution in [3.05, 3.63) is 51.5 Å². The summed E-state index contributed by atoms with van der Waals surface area (Å²) in [5.74, 6) is 0.202. The molecule has 0 saturated carbocycles. The van der Waals surface area contributed by atoms with Gasteiger partial charge < -0.3 is 10.6 Å². The van der Waals surface area contributed by atoms with Gasteiger partial charge in [-0.15, -0.1) is 11.3 Å². The van der Waals surface area contributed by atoms with Gasteiger partial charge in [0.05, 0.1) is 16.6 Å². The van der Waals surface area contributed by atoms with Crippen LogP contribution in [0.2, 0.25) is 0 Å². The molecule has 5 heteroatoms. The third-order valence-corrected chi connectivity index (χ3v) is 7.45. The van der Waals surface area contributed by atoms with Crippen LogP contribution in [0.3, 0.4) is 0 Å². The maximum Gasteiger partial charge on any atom is 0.228 e. The van der Waals surface area contributed by atoms with Gasteiger partial charge in [0.2, 0.25) is 5.91 Å². The summed E-state index contributed by atoms with van der Waals surface area (Å²) in [5, 5.41) is 9.04. The molecule has 2 aromatic rings. The number of carbonyl (C=O) groups is 1. The van der Waals surface area contributed by atoms with Crippen LogP contribution in [0.15, 0.2) is 29.1 Å². The molecule has 0 unspecified atom stereocenters. The zero-order valence-corrected chi connectivity index (χ0v) is 16.5. The molecule has 1 aromatic carbocycles. The standard InChI is InChI=1S/C22H27N3OS/c26-21(23-12-15-5-6-16-3-1-2-4-17(16)9-15)22(11-19-13-27-14-24-19)10-18-7-8-20(22)25-18/h5-6,9,13-14,18,20,25H,1-4,7-8,10-12H2,(H,23,26)/t18-,20+,22-/m1/s1. The summed E-state index contributed by atoms with van der Waals surface area (Å²) < 4.78 is 0. The quantitative estimate of drug-likeness (QED) is 0.835. The van der Waals surface area contributed by atoms with E-state index in [0.29, 0.717) is 12.6 Å². The number of nitrogens with one attached hydrogen (secondary N) is 2. The minimum atomic E-state index is -0.342. The van der Waals surface area contributed by atoms with E-state index in [0.717, 1.165) is 25.0 Å².